The molecule has 2 N–H and O–H groups in total. The molecule has 144 valence electrons. The summed E-state index contributed by atoms with van der Waals surface area (Å²) < 4.78 is 6.79. The summed E-state index contributed by atoms with van der Waals surface area (Å²) in [5.41, 5.74) is 7.49. The van der Waals surface area contributed by atoms with E-state index < -0.39 is 0 Å². The third kappa shape index (κ3) is 3.52. The highest BCUT2D eigenvalue weighted by Crippen LogP contribution is 2.23. The lowest BCUT2D eigenvalue weighted by molar-refractivity contribution is 0.0303. The predicted molar refractivity (Wildman–Crippen MR) is 105 cm³/mol. The minimum Gasteiger partial charge on any atom is -0.378 e. The van der Waals surface area contributed by atoms with Crippen molar-refractivity contribution in [3.63, 3.8) is 0 Å². The van der Waals surface area contributed by atoms with Gasteiger partial charge in [-0.25, -0.2) is 4.98 Å². The Bertz CT molecular complexity index is 950. The summed E-state index contributed by atoms with van der Waals surface area (Å²) in [4.78, 5) is 24.7. The average molecular weight is 379 g/mol. The fourth-order valence-corrected chi connectivity index (χ4v) is 2.99. The van der Waals surface area contributed by atoms with E-state index in [1.165, 1.54) is 4.68 Å². The molecule has 1 aliphatic heterocycles. The van der Waals surface area contributed by atoms with Gasteiger partial charge in [-0.05, 0) is 36.4 Å². The number of nitrogens with two attached hydrogens (primary N) is 1. The molecule has 3 heterocycles. The monoisotopic (exact) mass is 379 g/mol. The van der Waals surface area contributed by atoms with E-state index in [1.807, 2.05) is 43.4 Å². The SMILES string of the molecule is CN(c1ccc(C(=O)N2CCOCC2)cc1)c1nc(N)n(-c2ccccn2)n1. The number of pyridine rings is 1. The van der Waals surface area contributed by atoms with Gasteiger partial charge in [0.1, 0.15) is 0 Å². The predicted octanol–water partition coefficient (Wildman–Crippen LogP) is 1.48. The number of benzene rings is 1. The second-order valence-corrected chi connectivity index (χ2v) is 6.38. The van der Waals surface area contributed by atoms with Crippen molar-refractivity contribution >= 4 is 23.5 Å². The van der Waals surface area contributed by atoms with Crippen LogP contribution in [0.15, 0.2) is 48.7 Å². The topological polar surface area (TPSA) is 102 Å². The Kier molecular flexibility index (Phi) is 4.90. The van der Waals surface area contributed by atoms with Crippen LogP contribution in [0.2, 0.25) is 0 Å². The van der Waals surface area contributed by atoms with Crippen molar-refractivity contribution in [2.24, 2.45) is 0 Å². The Morgan fingerprint density at radius 2 is 1.89 bits per heavy atom. The maximum absolute atomic E-state index is 12.6. The first-order chi connectivity index (χ1) is 13.6. The standard InChI is InChI=1S/C19H21N7O2/c1-24(19-22-18(20)26(23-19)16-4-2-3-9-21-16)15-7-5-14(6-8-15)17(27)25-10-12-28-13-11-25/h2-9H,10-13H2,1H3,(H2,20,22,23). The van der Waals surface area contributed by atoms with Crippen LogP contribution in [0.4, 0.5) is 17.6 Å². The maximum atomic E-state index is 12.6. The summed E-state index contributed by atoms with van der Waals surface area (Å²) in [6.45, 7) is 2.40. The molecule has 2 aromatic heterocycles. The molecule has 1 aromatic carbocycles. The zero-order chi connectivity index (χ0) is 19.5. The lowest BCUT2D eigenvalue weighted by atomic mass is 10.1. The second-order valence-electron chi connectivity index (χ2n) is 6.38. The molecule has 0 atom stereocenters. The molecule has 1 amide bonds. The van der Waals surface area contributed by atoms with Crippen LogP contribution in [0.1, 0.15) is 10.4 Å². The molecule has 4 rings (SSSR count). The van der Waals surface area contributed by atoms with E-state index in [1.54, 1.807) is 22.1 Å². The van der Waals surface area contributed by atoms with Crippen LogP contribution in [-0.2, 0) is 4.74 Å². The van der Waals surface area contributed by atoms with Crippen molar-refractivity contribution in [3.8, 4) is 5.82 Å². The third-order valence-electron chi connectivity index (χ3n) is 4.59. The van der Waals surface area contributed by atoms with E-state index in [9.17, 15) is 4.79 Å². The molecular weight excluding hydrogens is 358 g/mol. The highest BCUT2D eigenvalue weighted by Gasteiger charge is 2.19. The number of amides is 1. The Labute approximate surface area is 162 Å². The van der Waals surface area contributed by atoms with Crippen molar-refractivity contribution in [1.82, 2.24) is 24.6 Å². The van der Waals surface area contributed by atoms with E-state index in [0.717, 1.165) is 5.69 Å². The Morgan fingerprint density at radius 3 is 2.57 bits per heavy atom. The zero-order valence-electron chi connectivity index (χ0n) is 15.5. The molecular formula is C19H21N7O2. The minimum atomic E-state index is 0.0132. The summed E-state index contributed by atoms with van der Waals surface area (Å²) in [6.07, 6.45) is 1.67. The van der Waals surface area contributed by atoms with Crippen molar-refractivity contribution in [2.75, 3.05) is 44.0 Å². The molecule has 0 unspecified atom stereocenters. The first-order valence-electron chi connectivity index (χ1n) is 8.98. The van der Waals surface area contributed by atoms with Crippen LogP contribution >= 0.6 is 0 Å². The average Bonchev–Trinajstić information content (AvgIpc) is 3.15. The van der Waals surface area contributed by atoms with Gasteiger partial charge in [0.15, 0.2) is 5.82 Å². The number of nitrogen functional groups attached to an aromatic ring is 1. The van der Waals surface area contributed by atoms with Gasteiger partial charge >= 0.3 is 0 Å². The highest BCUT2D eigenvalue weighted by atomic mass is 16.5. The Hall–Kier alpha value is -3.46. The second kappa shape index (κ2) is 7.65. The first kappa shape index (κ1) is 17.9. The van der Waals surface area contributed by atoms with Crippen LogP contribution in [0, 0.1) is 0 Å². The molecule has 9 heteroatoms. The van der Waals surface area contributed by atoms with Gasteiger partial charge in [-0.15, -0.1) is 5.10 Å². The number of aromatic nitrogens is 4. The number of nitrogens with zero attached hydrogens (tertiary/aromatic N) is 6. The van der Waals surface area contributed by atoms with Crippen molar-refractivity contribution in [2.45, 2.75) is 0 Å². The van der Waals surface area contributed by atoms with E-state index in [0.29, 0.717) is 43.6 Å². The molecule has 1 saturated heterocycles. The first-order valence-corrected chi connectivity index (χ1v) is 8.98. The number of morpholine rings is 1. The van der Waals surface area contributed by atoms with E-state index in [2.05, 4.69) is 15.1 Å². The molecule has 0 spiro atoms. The fraction of sp³-hybridized carbons (Fsp3) is 0.263. The number of ether oxygens (including phenoxy) is 1. The zero-order valence-corrected chi connectivity index (χ0v) is 15.5. The summed E-state index contributed by atoms with van der Waals surface area (Å²) >= 11 is 0. The normalized spacial score (nSPS) is 14.1. The highest BCUT2D eigenvalue weighted by molar-refractivity contribution is 5.94. The Balaban J connectivity index is 1.52. The number of hydrogen-bond acceptors (Lipinski definition) is 7. The number of hydrogen-bond donors (Lipinski definition) is 1. The molecule has 28 heavy (non-hydrogen) atoms. The molecule has 0 aliphatic carbocycles. The van der Waals surface area contributed by atoms with Gasteiger partial charge in [-0.2, -0.15) is 9.67 Å². The van der Waals surface area contributed by atoms with Gasteiger partial charge in [-0.3, -0.25) is 4.79 Å². The third-order valence-corrected chi connectivity index (χ3v) is 4.59. The Morgan fingerprint density at radius 1 is 1.14 bits per heavy atom. The van der Waals surface area contributed by atoms with Crippen LogP contribution in [-0.4, -0.2) is 63.9 Å². The van der Waals surface area contributed by atoms with Crippen LogP contribution in [0.3, 0.4) is 0 Å². The van der Waals surface area contributed by atoms with Crippen LogP contribution in [0.25, 0.3) is 5.82 Å². The summed E-state index contributed by atoms with van der Waals surface area (Å²) in [5, 5.41) is 4.44. The van der Waals surface area contributed by atoms with Crippen molar-refractivity contribution in [3.05, 3.63) is 54.2 Å². The molecule has 0 radical (unpaired) electrons. The summed E-state index contributed by atoms with van der Waals surface area (Å²) in [7, 11) is 1.84. The van der Waals surface area contributed by atoms with Crippen LogP contribution in [0.5, 0.6) is 0 Å². The molecule has 0 saturated carbocycles. The van der Waals surface area contributed by atoms with Gasteiger partial charge in [-0.1, -0.05) is 6.07 Å². The fourth-order valence-electron chi connectivity index (χ4n) is 2.99. The largest absolute Gasteiger partial charge is 0.378 e. The maximum Gasteiger partial charge on any atom is 0.254 e. The van der Waals surface area contributed by atoms with Crippen LogP contribution < -0.4 is 10.6 Å². The van der Waals surface area contributed by atoms with Gasteiger partial charge < -0.3 is 20.3 Å². The van der Waals surface area contributed by atoms with E-state index >= 15 is 0 Å². The van der Waals surface area contributed by atoms with E-state index in [-0.39, 0.29) is 11.9 Å². The van der Waals surface area contributed by atoms with Gasteiger partial charge in [0, 0.05) is 37.6 Å². The van der Waals surface area contributed by atoms with Gasteiger partial charge in [0.25, 0.3) is 11.9 Å². The molecule has 1 fully saturated rings. The molecule has 3 aromatic rings. The number of carbonyl (C=O) groups is 1. The van der Waals surface area contributed by atoms with Crippen molar-refractivity contribution in [1.29, 1.82) is 0 Å². The molecule has 9 nitrogen and oxygen atoms in total. The lowest BCUT2D eigenvalue weighted by Gasteiger charge is -2.27. The number of carbonyl (C=O) groups excluding carboxylic acids is 1. The number of rotatable bonds is 4. The van der Waals surface area contributed by atoms with E-state index in [4.69, 9.17) is 10.5 Å². The van der Waals surface area contributed by atoms with Crippen molar-refractivity contribution < 1.29 is 9.53 Å². The van der Waals surface area contributed by atoms with Gasteiger partial charge in [0.2, 0.25) is 5.95 Å². The smallest absolute Gasteiger partial charge is 0.254 e. The summed E-state index contributed by atoms with van der Waals surface area (Å²) in [5.74, 6) is 1.30. The van der Waals surface area contributed by atoms with Gasteiger partial charge in [0.05, 0.1) is 13.2 Å². The quantitative estimate of drug-likeness (QED) is 0.732. The lowest BCUT2D eigenvalue weighted by Crippen LogP contribution is -2.40. The summed E-state index contributed by atoms with van der Waals surface area (Å²) in [6, 6.07) is 12.8. The number of anilines is 3. The minimum absolute atomic E-state index is 0.0132. The molecule has 0 bridgehead atoms. The molecule has 1 aliphatic rings.